The number of hydrogen-bond donors (Lipinski definition) is 4. The van der Waals surface area contributed by atoms with Crippen LogP contribution in [-0.4, -0.2) is 39.3 Å². The van der Waals surface area contributed by atoms with Crippen molar-refractivity contribution in [2.24, 2.45) is 0 Å². The largest absolute Gasteiger partial charge is 0.492 e. The lowest BCUT2D eigenvalue weighted by atomic mass is 9.78. The molecule has 0 radical (unpaired) electrons. The van der Waals surface area contributed by atoms with Crippen LogP contribution in [0.1, 0.15) is 0 Å². The van der Waals surface area contributed by atoms with Crippen molar-refractivity contribution >= 4 is 58.0 Å². The van der Waals surface area contributed by atoms with Crippen LogP contribution in [0.3, 0.4) is 0 Å². The third kappa shape index (κ3) is 3.74. The van der Waals surface area contributed by atoms with E-state index in [1.165, 1.54) is 0 Å². The Kier molecular flexibility index (Phi) is 5.33. The van der Waals surface area contributed by atoms with Gasteiger partial charge >= 0.3 is 14.2 Å². The molecule has 0 atom stereocenters. The van der Waals surface area contributed by atoms with Gasteiger partial charge in [-0.25, -0.2) is 0 Å². The number of benzene rings is 3. The van der Waals surface area contributed by atoms with Crippen molar-refractivity contribution in [1.29, 1.82) is 0 Å². The maximum absolute atomic E-state index is 9.24. The quantitative estimate of drug-likeness (QED) is 0.340. The lowest BCUT2D eigenvalue weighted by Crippen LogP contribution is -2.30. The number of nitrogens with zero attached hydrogens (tertiary/aromatic N) is 1. The molecule has 0 aliphatic carbocycles. The molecule has 29 heavy (non-hydrogen) atoms. The molecule has 0 saturated heterocycles. The third-order valence-electron chi connectivity index (χ3n) is 4.67. The summed E-state index contributed by atoms with van der Waals surface area (Å²) in [5.74, 6) is 0. The molecule has 0 amide bonds. The topological polar surface area (TPSA) is 107 Å². The Morgan fingerprint density at radius 3 is 2.07 bits per heavy atom. The zero-order valence-corrected chi connectivity index (χ0v) is 15.3. The lowest BCUT2D eigenvalue weighted by Gasteiger charge is -2.03. The van der Waals surface area contributed by atoms with Crippen molar-refractivity contribution in [2.45, 2.75) is 0 Å². The van der Waals surface area contributed by atoms with Crippen molar-refractivity contribution in [3.05, 3.63) is 79.0 Å². The summed E-state index contributed by atoms with van der Waals surface area (Å²) in [5.41, 5.74) is 2.96. The number of aromatic nitrogens is 1. The van der Waals surface area contributed by atoms with Gasteiger partial charge in [-0.3, -0.25) is 4.98 Å². The second-order valence-electron chi connectivity index (χ2n) is 6.49. The van der Waals surface area contributed by atoms with E-state index in [1.54, 1.807) is 36.5 Å². The van der Waals surface area contributed by atoms with Crippen LogP contribution in [0.2, 0.25) is 0 Å². The summed E-state index contributed by atoms with van der Waals surface area (Å²) in [6.45, 7) is 0. The number of fused-ring (bicyclic) bond motifs is 4. The van der Waals surface area contributed by atoms with Crippen LogP contribution < -0.4 is 10.9 Å². The summed E-state index contributed by atoms with van der Waals surface area (Å²) in [7, 11) is -2.95. The predicted molar refractivity (Wildman–Crippen MR) is 115 cm³/mol. The van der Waals surface area contributed by atoms with Gasteiger partial charge in [0.05, 0.1) is 5.52 Å². The highest BCUT2D eigenvalue weighted by Gasteiger charge is 2.18. The smallest absolute Gasteiger partial charge is 0.456 e. The van der Waals surface area contributed by atoms with Gasteiger partial charge < -0.3 is 24.5 Å². The van der Waals surface area contributed by atoms with Crippen molar-refractivity contribution < 1.29 is 24.5 Å². The van der Waals surface area contributed by atoms with Crippen LogP contribution in [0.15, 0.2) is 83.4 Å². The van der Waals surface area contributed by atoms with Gasteiger partial charge in [0.2, 0.25) is 0 Å². The molecule has 0 spiro atoms. The van der Waals surface area contributed by atoms with Crippen LogP contribution in [0, 0.1) is 0 Å². The standard InChI is InChI=1S/C12H9BO3.C9H8BNO2/c14-13(15)10-6-3-5-9-8-4-1-2-7-11(8)16-12(9)10;12-10(13)8-4-1-5-9-7(8)3-2-6-11-9/h1-7,14-15H;1-6,12-13H. The summed E-state index contributed by atoms with van der Waals surface area (Å²) in [6.07, 6.45) is 1.68. The Labute approximate surface area is 167 Å². The lowest BCUT2D eigenvalue weighted by molar-refractivity contribution is 0.424. The number of hydrogen-bond acceptors (Lipinski definition) is 6. The van der Waals surface area contributed by atoms with Crippen LogP contribution >= 0.6 is 0 Å². The zero-order valence-electron chi connectivity index (χ0n) is 15.3. The number of pyridine rings is 1. The molecule has 142 valence electrons. The Balaban J connectivity index is 0.000000145. The molecule has 3 aromatic carbocycles. The molecule has 0 aliphatic rings. The van der Waals surface area contributed by atoms with Crippen LogP contribution in [-0.2, 0) is 0 Å². The summed E-state index contributed by atoms with van der Waals surface area (Å²) in [4.78, 5) is 4.10. The first-order valence-corrected chi connectivity index (χ1v) is 9.02. The van der Waals surface area contributed by atoms with Gasteiger partial charge in [-0.2, -0.15) is 0 Å². The molecular weight excluding hydrogens is 368 g/mol. The highest BCUT2D eigenvalue weighted by atomic mass is 16.4. The van der Waals surface area contributed by atoms with Gasteiger partial charge in [0.25, 0.3) is 0 Å². The fourth-order valence-electron chi connectivity index (χ4n) is 3.32. The average molecular weight is 385 g/mol. The van der Waals surface area contributed by atoms with E-state index in [0.717, 1.165) is 27.3 Å². The molecular formula is C21H17B2NO5. The Hall–Kier alpha value is -3.16. The molecule has 2 aromatic heterocycles. The number of furan rings is 1. The molecule has 2 heterocycles. The second-order valence-corrected chi connectivity index (χ2v) is 6.49. The van der Waals surface area contributed by atoms with E-state index in [4.69, 9.17) is 14.5 Å². The fourth-order valence-corrected chi connectivity index (χ4v) is 3.32. The zero-order chi connectivity index (χ0) is 20.4. The molecule has 0 fully saturated rings. The SMILES string of the molecule is OB(O)c1cccc2c1oc1ccccc12.OB(O)c1cccc2ncccc12. The Morgan fingerprint density at radius 1 is 0.621 bits per heavy atom. The van der Waals surface area contributed by atoms with E-state index in [1.807, 2.05) is 42.5 Å². The van der Waals surface area contributed by atoms with Gasteiger partial charge in [-0.1, -0.05) is 54.6 Å². The molecule has 5 aromatic rings. The summed E-state index contributed by atoms with van der Waals surface area (Å²) in [5, 5.41) is 39.3. The van der Waals surface area contributed by atoms with E-state index in [0.29, 0.717) is 16.5 Å². The van der Waals surface area contributed by atoms with Crippen molar-refractivity contribution in [3.63, 3.8) is 0 Å². The molecule has 0 saturated carbocycles. The van der Waals surface area contributed by atoms with Crippen LogP contribution in [0.5, 0.6) is 0 Å². The monoisotopic (exact) mass is 385 g/mol. The minimum absolute atomic E-state index is 0.397. The van der Waals surface area contributed by atoms with Gasteiger partial charge in [0, 0.05) is 22.4 Å². The fraction of sp³-hybridized carbons (Fsp3) is 0. The number of rotatable bonds is 2. The van der Waals surface area contributed by atoms with Gasteiger partial charge in [-0.15, -0.1) is 0 Å². The molecule has 0 bridgehead atoms. The maximum atomic E-state index is 9.24. The van der Waals surface area contributed by atoms with Crippen molar-refractivity contribution in [1.82, 2.24) is 4.98 Å². The molecule has 4 N–H and O–H groups in total. The molecule has 8 heteroatoms. The Morgan fingerprint density at radius 2 is 1.28 bits per heavy atom. The average Bonchev–Trinajstić information content (AvgIpc) is 3.12. The third-order valence-corrected chi connectivity index (χ3v) is 4.67. The van der Waals surface area contributed by atoms with Crippen molar-refractivity contribution in [3.8, 4) is 0 Å². The normalized spacial score (nSPS) is 10.8. The van der Waals surface area contributed by atoms with Gasteiger partial charge in [0.15, 0.2) is 0 Å². The first-order valence-electron chi connectivity index (χ1n) is 9.02. The predicted octanol–water partition coefficient (Wildman–Crippen LogP) is 1.18. The summed E-state index contributed by atoms with van der Waals surface area (Å²) < 4.78 is 5.62. The highest BCUT2D eigenvalue weighted by Crippen LogP contribution is 2.27. The van der Waals surface area contributed by atoms with Gasteiger partial charge in [-0.05, 0) is 29.0 Å². The molecule has 0 unspecified atom stereocenters. The van der Waals surface area contributed by atoms with Gasteiger partial charge in [0.1, 0.15) is 11.2 Å². The first-order chi connectivity index (χ1) is 14.1. The molecule has 5 rings (SSSR count). The summed E-state index contributed by atoms with van der Waals surface area (Å²) >= 11 is 0. The van der Waals surface area contributed by atoms with Crippen LogP contribution in [0.25, 0.3) is 32.8 Å². The second kappa shape index (κ2) is 8.06. The van der Waals surface area contributed by atoms with E-state index < -0.39 is 14.2 Å². The van der Waals surface area contributed by atoms with Crippen molar-refractivity contribution in [2.75, 3.05) is 0 Å². The minimum Gasteiger partial charge on any atom is -0.456 e. The summed E-state index contributed by atoms with van der Waals surface area (Å²) in [6, 6.07) is 21.8. The van der Waals surface area contributed by atoms with E-state index in [9.17, 15) is 10.0 Å². The number of para-hydroxylation sites is 2. The highest BCUT2D eigenvalue weighted by molar-refractivity contribution is 6.62. The molecule has 6 nitrogen and oxygen atoms in total. The molecule has 0 aliphatic heterocycles. The van der Waals surface area contributed by atoms with Crippen LogP contribution in [0.4, 0.5) is 0 Å². The first kappa shape index (κ1) is 19.2. The minimum atomic E-state index is -1.51. The van der Waals surface area contributed by atoms with E-state index in [2.05, 4.69) is 4.98 Å². The maximum Gasteiger partial charge on any atom is 0.492 e. The van der Waals surface area contributed by atoms with E-state index >= 15 is 0 Å². The Bertz CT molecular complexity index is 1280. The van der Waals surface area contributed by atoms with E-state index in [-0.39, 0.29) is 0 Å².